The molecule has 0 aromatic heterocycles. The fourth-order valence-corrected chi connectivity index (χ4v) is 1.96. The van der Waals surface area contributed by atoms with Crippen LogP contribution in [0.5, 0.6) is 0 Å². The lowest BCUT2D eigenvalue weighted by molar-refractivity contribution is -0.226. The molecule has 0 aliphatic carbocycles. The molecular formula is C7H11BO8P-. The summed E-state index contributed by atoms with van der Waals surface area (Å²) >= 11 is 0. The maximum atomic E-state index is 11.0. The molecule has 10 heteroatoms. The van der Waals surface area contributed by atoms with Crippen molar-refractivity contribution in [2.45, 2.75) is 31.2 Å². The smallest absolute Gasteiger partial charge is 0.322 e. The van der Waals surface area contributed by atoms with E-state index in [9.17, 15) is 24.5 Å². The number of carbonyl (C=O) groups excluding carboxylic acids is 1. The summed E-state index contributed by atoms with van der Waals surface area (Å²) in [7, 11) is 0.479. The molecule has 2 radical (unpaired) electrons. The first-order chi connectivity index (χ1) is 7.73. The molecule has 5 atom stereocenters. The van der Waals surface area contributed by atoms with Crippen molar-refractivity contribution in [1.29, 1.82) is 0 Å². The van der Waals surface area contributed by atoms with Crippen LogP contribution in [0.3, 0.4) is 0 Å². The summed E-state index contributed by atoms with van der Waals surface area (Å²) in [4.78, 5) is 21.4. The Labute approximate surface area is 98.5 Å². The first kappa shape index (κ1) is 14.6. The average Bonchev–Trinajstić information content (AvgIpc) is 2.41. The number of ether oxygens (including phenoxy) is 1. The minimum atomic E-state index is -4.78. The molecule has 0 saturated carbocycles. The monoisotopic (exact) mass is 265 g/mol. The number of aliphatic hydroxyl groups is 2. The van der Waals surface area contributed by atoms with Gasteiger partial charge in [-0.3, -0.25) is 9.36 Å². The van der Waals surface area contributed by atoms with Gasteiger partial charge in [0.2, 0.25) is 0 Å². The zero-order chi connectivity index (χ0) is 13.2. The van der Waals surface area contributed by atoms with Crippen molar-refractivity contribution in [3.05, 3.63) is 0 Å². The molecule has 1 rings (SSSR count). The lowest BCUT2D eigenvalue weighted by Gasteiger charge is -2.23. The summed E-state index contributed by atoms with van der Waals surface area (Å²) in [6.07, 6.45) is -3.82. The summed E-state index contributed by atoms with van der Waals surface area (Å²) in [6.45, 7) is 0.286. The SMILES string of the molecule is [B][C@@H]1O[C@H](COP(=O)([O-])OC(C)=O)[C@@H](O)[C@H]1O. The van der Waals surface area contributed by atoms with Crippen LogP contribution in [0.15, 0.2) is 0 Å². The van der Waals surface area contributed by atoms with Crippen LogP contribution in [0.1, 0.15) is 6.92 Å². The van der Waals surface area contributed by atoms with Crippen LogP contribution >= 0.6 is 7.82 Å². The predicted molar refractivity (Wildman–Crippen MR) is 51.8 cm³/mol. The van der Waals surface area contributed by atoms with Crippen LogP contribution in [0, 0.1) is 0 Å². The van der Waals surface area contributed by atoms with Gasteiger partial charge in [-0.05, 0) is 0 Å². The second-order valence-corrected chi connectivity index (χ2v) is 4.78. The molecule has 1 heterocycles. The number of rotatable bonds is 4. The van der Waals surface area contributed by atoms with Crippen molar-refractivity contribution in [2.24, 2.45) is 0 Å². The number of hydrogen-bond donors (Lipinski definition) is 2. The Kier molecular flexibility index (Phi) is 4.71. The van der Waals surface area contributed by atoms with Crippen molar-refractivity contribution >= 4 is 21.6 Å². The summed E-state index contributed by atoms with van der Waals surface area (Å²) in [6, 6.07) is -1.13. The molecule has 0 aromatic rings. The van der Waals surface area contributed by atoms with E-state index in [1.54, 1.807) is 0 Å². The molecule has 0 spiro atoms. The summed E-state index contributed by atoms with van der Waals surface area (Å²) in [5, 5.41) is 18.6. The quantitative estimate of drug-likeness (QED) is 0.427. The van der Waals surface area contributed by atoms with Gasteiger partial charge in [0.25, 0.3) is 0 Å². The number of hydrogen-bond acceptors (Lipinski definition) is 8. The zero-order valence-electron chi connectivity index (χ0n) is 8.88. The van der Waals surface area contributed by atoms with E-state index in [1.165, 1.54) is 0 Å². The maximum absolute atomic E-state index is 11.0. The van der Waals surface area contributed by atoms with E-state index in [2.05, 4.69) is 9.05 Å². The Morgan fingerprint density at radius 3 is 2.53 bits per heavy atom. The second kappa shape index (κ2) is 5.47. The predicted octanol–water partition coefficient (Wildman–Crippen LogP) is -2.35. The Balaban J connectivity index is 2.46. The van der Waals surface area contributed by atoms with Crippen molar-refractivity contribution in [3.8, 4) is 0 Å². The number of phosphoric acid groups is 1. The minimum absolute atomic E-state index is 0.611. The van der Waals surface area contributed by atoms with E-state index in [1.807, 2.05) is 0 Å². The molecule has 1 aliphatic rings. The fraction of sp³-hybridized carbons (Fsp3) is 0.857. The van der Waals surface area contributed by atoms with Gasteiger partial charge in [0.05, 0.1) is 12.7 Å². The van der Waals surface area contributed by atoms with Crippen molar-refractivity contribution < 1.29 is 38.3 Å². The molecule has 0 aromatic carbocycles. The van der Waals surface area contributed by atoms with Gasteiger partial charge in [0.1, 0.15) is 20.1 Å². The van der Waals surface area contributed by atoms with Crippen LogP contribution < -0.4 is 4.89 Å². The van der Waals surface area contributed by atoms with Gasteiger partial charge in [-0.15, -0.1) is 0 Å². The van der Waals surface area contributed by atoms with Crippen molar-refractivity contribution in [2.75, 3.05) is 6.61 Å². The molecule has 0 bridgehead atoms. The Morgan fingerprint density at radius 2 is 2.12 bits per heavy atom. The third-order valence-corrected chi connectivity index (χ3v) is 2.98. The van der Waals surface area contributed by atoms with Gasteiger partial charge in [0.15, 0.2) is 0 Å². The first-order valence-electron chi connectivity index (χ1n) is 4.66. The van der Waals surface area contributed by atoms with Gasteiger partial charge in [-0.25, -0.2) is 0 Å². The summed E-state index contributed by atoms with van der Waals surface area (Å²) < 4.78 is 24.0. The highest BCUT2D eigenvalue weighted by molar-refractivity contribution is 7.46. The first-order valence-corrected chi connectivity index (χ1v) is 6.12. The van der Waals surface area contributed by atoms with Crippen molar-refractivity contribution in [1.82, 2.24) is 0 Å². The van der Waals surface area contributed by atoms with Crippen LogP contribution in [0.25, 0.3) is 0 Å². The molecule has 8 nitrogen and oxygen atoms in total. The Hall–Kier alpha value is -0.435. The van der Waals surface area contributed by atoms with Gasteiger partial charge in [-0.1, -0.05) is 0 Å². The van der Waals surface area contributed by atoms with Crippen LogP contribution in [-0.2, 0) is 23.1 Å². The highest BCUT2D eigenvalue weighted by Crippen LogP contribution is 2.39. The van der Waals surface area contributed by atoms with Gasteiger partial charge < -0.3 is 28.9 Å². The topological polar surface area (TPSA) is 125 Å². The Bertz CT molecular complexity index is 336. The van der Waals surface area contributed by atoms with E-state index in [-0.39, 0.29) is 0 Å². The summed E-state index contributed by atoms with van der Waals surface area (Å²) in [5.74, 6) is -1.05. The molecule has 2 N–H and O–H groups in total. The van der Waals surface area contributed by atoms with E-state index in [0.717, 1.165) is 6.92 Å². The lowest BCUT2D eigenvalue weighted by atomic mass is 9.93. The number of carbonyl (C=O) groups is 1. The molecule has 1 fully saturated rings. The molecule has 1 aliphatic heterocycles. The highest BCUT2D eigenvalue weighted by atomic mass is 31.2. The molecule has 0 amide bonds. The third-order valence-electron chi connectivity index (χ3n) is 2.04. The van der Waals surface area contributed by atoms with Gasteiger partial charge >= 0.3 is 13.8 Å². The highest BCUT2D eigenvalue weighted by Gasteiger charge is 2.40. The molecule has 1 saturated heterocycles. The maximum Gasteiger partial charge on any atom is 0.322 e. The minimum Gasteiger partial charge on any atom is -0.746 e. The third kappa shape index (κ3) is 4.06. The molecule has 17 heavy (non-hydrogen) atoms. The second-order valence-electron chi connectivity index (χ2n) is 3.45. The summed E-state index contributed by atoms with van der Waals surface area (Å²) in [5.41, 5.74) is 0. The number of phosphoric ester groups is 1. The lowest BCUT2D eigenvalue weighted by Crippen LogP contribution is -2.34. The largest absolute Gasteiger partial charge is 0.746 e. The van der Waals surface area contributed by atoms with E-state index in [0.29, 0.717) is 0 Å². The van der Waals surface area contributed by atoms with Crippen LogP contribution in [0.4, 0.5) is 0 Å². The van der Waals surface area contributed by atoms with Crippen molar-refractivity contribution in [3.63, 3.8) is 0 Å². The van der Waals surface area contributed by atoms with Gasteiger partial charge in [0, 0.05) is 12.9 Å². The van der Waals surface area contributed by atoms with Crippen LogP contribution in [0.2, 0.25) is 0 Å². The van der Waals surface area contributed by atoms with Crippen LogP contribution in [-0.4, -0.2) is 55.0 Å². The van der Waals surface area contributed by atoms with E-state index in [4.69, 9.17) is 12.6 Å². The zero-order valence-corrected chi connectivity index (χ0v) is 9.78. The Morgan fingerprint density at radius 1 is 1.53 bits per heavy atom. The number of aliphatic hydroxyl groups excluding tert-OH is 2. The molecule has 96 valence electrons. The van der Waals surface area contributed by atoms with Gasteiger partial charge in [-0.2, -0.15) is 0 Å². The average molecular weight is 265 g/mol. The molecule has 1 unspecified atom stereocenters. The van der Waals surface area contributed by atoms with E-state index < -0.39 is 44.7 Å². The molecular weight excluding hydrogens is 254 g/mol. The normalized spacial score (nSPS) is 36.5. The van der Waals surface area contributed by atoms with E-state index >= 15 is 0 Å². The standard InChI is InChI=1S/C7H12BO8P/c1-3(9)16-17(12,13)14-2-4-5(10)6(11)7(8)15-4/h4-7,10-11H,2H2,1H3,(H,12,13)/p-1/t4-,5-,6-,7-/m1/s1. The fourth-order valence-electron chi connectivity index (χ4n) is 1.26.